The number of aromatic nitrogens is 3. The van der Waals surface area contributed by atoms with Crippen LogP contribution in [0.15, 0.2) is 39.6 Å². The number of aryl methyl sites for hydroxylation is 1. The molecule has 1 amide bonds. The average Bonchev–Trinajstić information content (AvgIpc) is 3.63. The minimum Gasteiger partial charge on any atom is -0.358 e. The van der Waals surface area contributed by atoms with Gasteiger partial charge in [-0.3, -0.25) is 9.36 Å². The molecule has 1 saturated carbocycles. The number of para-hydroxylation sites is 1. The van der Waals surface area contributed by atoms with E-state index >= 15 is 0 Å². The fourth-order valence-corrected chi connectivity index (χ4v) is 5.38. The lowest BCUT2D eigenvalue weighted by Crippen LogP contribution is -2.20. The van der Waals surface area contributed by atoms with Crippen molar-refractivity contribution in [1.29, 1.82) is 0 Å². The number of imidazole rings is 1. The summed E-state index contributed by atoms with van der Waals surface area (Å²) in [6.45, 7) is 2.64. The van der Waals surface area contributed by atoms with E-state index in [9.17, 15) is 9.00 Å². The Labute approximate surface area is 199 Å². The molecule has 1 saturated heterocycles. The van der Waals surface area contributed by atoms with Crippen LogP contribution in [0.2, 0.25) is 0 Å². The van der Waals surface area contributed by atoms with Crippen molar-refractivity contribution in [2.24, 2.45) is 10.3 Å². The van der Waals surface area contributed by atoms with E-state index in [1.807, 2.05) is 35.8 Å². The highest BCUT2D eigenvalue weighted by atomic mass is 32.2. The van der Waals surface area contributed by atoms with E-state index in [0.29, 0.717) is 39.9 Å². The highest BCUT2D eigenvalue weighted by molar-refractivity contribution is 7.93. The molecule has 2 N–H and O–H groups in total. The number of ether oxygens (including phenoxy) is 1. The zero-order valence-electron chi connectivity index (χ0n) is 19.7. The number of nitrogens with zero attached hydrogens (tertiary/aromatic N) is 4. The van der Waals surface area contributed by atoms with Gasteiger partial charge in [0.15, 0.2) is 5.65 Å². The number of amides is 1. The van der Waals surface area contributed by atoms with Gasteiger partial charge in [-0.2, -0.15) is 0 Å². The molecular formula is C24H30N6O3S. The van der Waals surface area contributed by atoms with Gasteiger partial charge in [-0.25, -0.2) is 18.5 Å². The standard InChI is InChI=1S/C24H30N6O3S/c1-15-26-22-18(27-17-8-4-5-9-19(17)34(3,32)25-2)14-20(29-24(31)16-11-12-16)28-23(22)30(15)21-10-6-7-13-33-21/h4-5,8-9,14,16,21H,6-7,10-13H2,1-3H3,(H2,27,28,29,31). The smallest absolute Gasteiger partial charge is 0.228 e. The summed E-state index contributed by atoms with van der Waals surface area (Å²) in [7, 11) is -1.01. The van der Waals surface area contributed by atoms with Crippen molar-refractivity contribution in [3.05, 3.63) is 36.2 Å². The predicted octanol–water partition coefficient (Wildman–Crippen LogP) is 4.62. The third-order valence-corrected chi connectivity index (χ3v) is 8.25. The summed E-state index contributed by atoms with van der Waals surface area (Å²) in [4.78, 5) is 22.7. The zero-order chi connectivity index (χ0) is 23.9. The summed E-state index contributed by atoms with van der Waals surface area (Å²) in [5.41, 5.74) is 2.67. The second-order valence-electron chi connectivity index (χ2n) is 8.95. The third-order valence-electron chi connectivity index (χ3n) is 6.38. The van der Waals surface area contributed by atoms with Gasteiger partial charge in [0.2, 0.25) is 5.91 Å². The quantitative estimate of drug-likeness (QED) is 0.531. The summed E-state index contributed by atoms with van der Waals surface area (Å²) in [5, 5.41) is 6.38. The molecule has 2 aromatic heterocycles. The molecule has 1 aliphatic carbocycles. The van der Waals surface area contributed by atoms with Gasteiger partial charge in [0.25, 0.3) is 0 Å². The number of fused-ring (bicyclic) bond motifs is 1. The lowest BCUT2D eigenvalue weighted by molar-refractivity contribution is -0.117. The van der Waals surface area contributed by atoms with E-state index in [0.717, 1.165) is 37.9 Å². The Kier molecular flexibility index (Phi) is 6.03. The van der Waals surface area contributed by atoms with Crippen molar-refractivity contribution in [2.75, 3.05) is 30.5 Å². The Balaban J connectivity index is 1.63. The first kappa shape index (κ1) is 22.8. The summed E-state index contributed by atoms with van der Waals surface area (Å²) < 4.78 is 25.2. The maximum absolute atomic E-state index is 13.1. The van der Waals surface area contributed by atoms with Crippen LogP contribution in [0, 0.1) is 12.8 Å². The van der Waals surface area contributed by atoms with Crippen molar-refractivity contribution in [3.8, 4) is 0 Å². The summed E-state index contributed by atoms with van der Waals surface area (Å²) in [6.07, 6.45) is 6.29. The minimum absolute atomic E-state index is 0.0173. The molecule has 180 valence electrons. The van der Waals surface area contributed by atoms with E-state index < -0.39 is 9.73 Å². The van der Waals surface area contributed by atoms with Gasteiger partial charge in [-0.15, -0.1) is 0 Å². The van der Waals surface area contributed by atoms with E-state index in [-0.39, 0.29) is 18.1 Å². The molecule has 2 atom stereocenters. The highest BCUT2D eigenvalue weighted by Crippen LogP contribution is 2.36. The Bertz CT molecular complexity index is 1360. The Morgan fingerprint density at radius 2 is 1.97 bits per heavy atom. The molecule has 0 bridgehead atoms. The third kappa shape index (κ3) is 4.39. The number of hydrogen-bond acceptors (Lipinski definition) is 7. The van der Waals surface area contributed by atoms with E-state index in [1.165, 1.54) is 0 Å². The molecule has 1 aromatic carbocycles. The van der Waals surface area contributed by atoms with Crippen LogP contribution < -0.4 is 10.6 Å². The molecule has 3 aromatic rings. The summed E-state index contributed by atoms with van der Waals surface area (Å²) >= 11 is 0. The number of carbonyl (C=O) groups excluding carboxylic acids is 1. The van der Waals surface area contributed by atoms with Crippen LogP contribution in [0.25, 0.3) is 11.2 Å². The van der Waals surface area contributed by atoms with E-state index in [1.54, 1.807) is 19.4 Å². The molecule has 2 aliphatic rings. The van der Waals surface area contributed by atoms with Crippen LogP contribution in [0.4, 0.5) is 17.2 Å². The number of pyridine rings is 1. The van der Waals surface area contributed by atoms with Gasteiger partial charge in [-0.1, -0.05) is 12.1 Å². The van der Waals surface area contributed by atoms with Crippen LogP contribution in [-0.2, 0) is 19.3 Å². The van der Waals surface area contributed by atoms with Gasteiger partial charge in [-0.05, 0) is 51.2 Å². The Morgan fingerprint density at radius 3 is 2.68 bits per heavy atom. The van der Waals surface area contributed by atoms with Crippen molar-refractivity contribution < 1.29 is 13.7 Å². The van der Waals surface area contributed by atoms with Gasteiger partial charge in [0, 0.05) is 31.9 Å². The van der Waals surface area contributed by atoms with E-state index in [2.05, 4.69) is 15.0 Å². The molecule has 3 heterocycles. The molecule has 34 heavy (non-hydrogen) atoms. The van der Waals surface area contributed by atoms with Crippen LogP contribution in [0.3, 0.4) is 0 Å². The molecule has 2 unspecified atom stereocenters. The largest absolute Gasteiger partial charge is 0.358 e. The number of hydrogen-bond donors (Lipinski definition) is 2. The zero-order valence-corrected chi connectivity index (χ0v) is 20.5. The summed E-state index contributed by atoms with van der Waals surface area (Å²) in [5.74, 6) is 1.29. The first-order valence-corrected chi connectivity index (χ1v) is 13.6. The Morgan fingerprint density at radius 1 is 1.18 bits per heavy atom. The molecular weight excluding hydrogens is 452 g/mol. The molecule has 10 heteroatoms. The predicted molar refractivity (Wildman–Crippen MR) is 133 cm³/mol. The van der Waals surface area contributed by atoms with Crippen LogP contribution in [-0.4, -0.2) is 44.6 Å². The molecule has 2 fully saturated rings. The number of rotatable bonds is 6. The molecule has 9 nitrogen and oxygen atoms in total. The van der Waals surface area contributed by atoms with Crippen LogP contribution in [0.5, 0.6) is 0 Å². The topological polar surface area (TPSA) is 111 Å². The number of benzene rings is 1. The molecule has 0 spiro atoms. The lowest BCUT2D eigenvalue weighted by Gasteiger charge is -2.25. The van der Waals surface area contributed by atoms with Crippen molar-refractivity contribution in [1.82, 2.24) is 14.5 Å². The fraction of sp³-hybridized carbons (Fsp3) is 0.458. The maximum atomic E-state index is 13.1. The number of nitrogens with one attached hydrogen (secondary N) is 2. The molecule has 0 radical (unpaired) electrons. The van der Waals surface area contributed by atoms with Crippen molar-refractivity contribution >= 4 is 44.0 Å². The van der Waals surface area contributed by atoms with Crippen molar-refractivity contribution in [3.63, 3.8) is 0 Å². The molecule has 1 aliphatic heterocycles. The van der Waals surface area contributed by atoms with Crippen LogP contribution >= 0.6 is 0 Å². The van der Waals surface area contributed by atoms with Gasteiger partial charge >= 0.3 is 0 Å². The average molecular weight is 483 g/mol. The van der Waals surface area contributed by atoms with Crippen LogP contribution in [0.1, 0.15) is 44.2 Å². The minimum atomic E-state index is -2.57. The lowest BCUT2D eigenvalue weighted by atomic mass is 10.2. The summed E-state index contributed by atoms with van der Waals surface area (Å²) in [6, 6.07) is 9.19. The monoisotopic (exact) mass is 482 g/mol. The van der Waals surface area contributed by atoms with Gasteiger partial charge in [0.1, 0.15) is 23.4 Å². The second-order valence-corrected chi connectivity index (χ2v) is 11.4. The highest BCUT2D eigenvalue weighted by Gasteiger charge is 2.30. The SMILES string of the molecule is CN=S(C)(=O)c1ccccc1Nc1cc(NC(=O)C2CC2)nc2c1nc(C)n2C1CCCCO1. The number of anilines is 3. The first-order valence-electron chi connectivity index (χ1n) is 11.7. The van der Waals surface area contributed by atoms with E-state index in [4.69, 9.17) is 14.7 Å². The normalized spacial score (nSPS) is 20.0. The maximum Gasteiger partial charge on any atom is 0.228 e. The van der Waals surface area contributed by atoms with Gasteiger partial charge in [0.05, 0.1) is 26.0 Å². The van der Waals surface area contributed by atoms with Gasteiger partial charge < -0.3 is 15.4 Å². The Hall–Kier alpha value is -2.98. The fourth-order valence-electron chi connectivity index (χ4n) is 4.32. The molecule has 5 rings (SSSR count). The number of carbonyl (C=O) groups is 1. The second kappa shape index (κ2) is 8.99. The van der Waals surface area contributed by atoms with Crippen molar-refractivity contribution in [2.45, 2.75) is 50.2 Å². The first-order chi connectivity index (χ1) is 16.4.